The molecule has 0 radical (unpaired) electrons. The molecule has 0 aliphatic rings. The van der Waals surface area contributed by atoms with Crippen molar-refractivity contribution in [2.75, 3.05) is 0 Å². The largest absolute Gasteiger partial charge is 0.288 e. The molecule has 0 amide bonds. The average molecular weight is 270 g/mol. The summed E-state index contributed by atoms with van der Waals surface area (Å²) in [4.78, 5) is 24.9. The Bertz CT molecular complexity index is 806. The Labute approximate surface area is 114 Å². The van der Waals surface area contributed by atoms with E-state index in [4.69, 9.17) is 0 Å². The molecule has 0 N–H and O–H groups in total. The number of aryl methyl sites for hydroxylation is 1. The van der Waals surface area contributed by atoms with Gasteiger partial charge in [0.25, 0.3) is 5.56 Å². The summed E-state index contributed by atoms with van der Waals surface area (Å²) in [5, 5.41) is 4.16. The molecule has 3 rings (SSSR count). The third-order valence-corrected chi connectivity index (χ3v) is 3.34. The first-order valence-corrected chi connectivity index (χ1v) is 6.38. The van der Waals surface area contributed by atoms with Crippen LogP contribution in [0.15, 0.2) is 35.8 Å². The van der Waals surface area contributed by atoms with Crippen molar-refractivity contribution in [1.29, 1.82) is 0 Å². The van der Waals surface area contributed by atoms with E-state index in [9.17, 15) is 4.79 Å². The van der Waals surface area contributed by atoms with Crippen molar-refractivity contribution in [2.45, 2.75) is 19.4 Å². The lowest BCUT2D eigenvalue weighted by Gasteiger charge is -2.18. The third-order valence-electron chi connectivity index (χ3n) is 3.34. The molecule has 0 saturated heterocycles. The van der Waals surface area contributed by atoms with Crippen LogP contribution in [0.25, 0.3) is 11.2 Å². The van der Waals surface area contributed by atoms with Gasteiger partial charge in [0, 0.05) is 25.6 Å². The normalized spacial score (nSPS) is 12.7. The Balaban J connectivity index is 2.21. The maximum Gasteiger partial charge on any atom is 0.282 e. The van der Waals surface area contributed by atoms with Crippen molar-refractivity contribution in [3.8, 4) is 0 Å². The van der Waals surface area contributed by atoms with Crippen molar-refractivity contribution in [2.24, 2.45) is 7.05 Å². The Morgan fingerprint density at radius 2 is 2.00 bits per heavy atom. The van der Waals surface area contributed by atoms with E-state index in [2.05, 4.69) is 20.1 Å². The lowest BCUT2D eigenvalue weighted by atomic mass is 10.1. The molecule has 0 fully saturated rings. The summed E-state index contributed by atoms with van der Waals surface area (Å²) in [7, 11) is 1.86. The van der Waals surface area contributed by atoms with Crippen LogP contribution in [0.1, 0.15) is 25.1 Å². The molecular weight excluding hydrogens is 256 g/mol. The van der Waals surface area contributed by atoms with Crippen LogP contribution in [-0.4, -0.2) is 29.3 Å². The van der Waals surface area contributed by atoms with Crippen LogP contribution in [0.3, 0.4) is 0 Å². The van der Waals surface area contributed by atoms with Crippen LogP contribution in [0.4, 0.5) is 0 Å². The van der Waals surface area contributed by atoms with Gasteiger partial charge in [-0.05, 0) is 12.5 Å². The summed E-state index contributed by atoms with van der Waals surface area (Å²) >= 11 is 0. The van der Waals surface area contributed by atoms with Crippen molar-refractivity contribution in [3.63, 3.8) is 0 Å². The highest BCUT2D eigenvalue weighted by atomic mass is 16.1. The number of aromatic nitrogens is 6. The molecule has 0 aliphatic heterocycles. The van der Waals surface area contributed by atoms with Crippen molar-refractivity contribution >= 4 is 11.2 Å². The number of hydrogen-bond acceptors (Lipinski definition) is 5. The first kappa shape index (κ1) is 12.5. The number of hydrogen-bond donors (Lipinski definition) is 0. The zero-order chi connectivity index (χ0) is 14.1. The fourth-order valence-corrected chi connectivity index (χ4v) is 2.35. The zero-order valence-electron chi connectivity index (χ0n) is 11.3. The minimum absolute atomic E-state index is 0.117. The molecule has 7 heteroatoms. The lowest BCUT2D eigenvalue weighted by molar-refractivity contribution is 0.501. The topological polar surface area (TPSA) is 78.5 Å². The van der Waals surface area contributed by atoms with Crippen LogP contribution in [0.5, 0.6) is 0 Å². The summed E-state index contributed by atoms with van der Waals surface area (Å²) in [6.45, 7) is 2.02. The first-order valence-electron chi connectivity index (χ1n) is 6.38. The van der Waals surface area contributed by atoms with E-state index in [1.54, 1.807) is 15.4 Å². The molecule has 0 aromatic carbocycles. The molecule has 0 unspecified atom stereocenters. The monoisotopic (exact) mass is 270 g/mol. The molecule has 0 bridgehead atoms. The van der Waals surface area contributed by atoms with Crippen LogP contribution in [0, 0.1) is 0 Å². The molecule has 7 nitrogen and oxygen atoms in total. The van der Waals surface area contributed by atoms with Crippen molar-refractivity contribution < 1.29 is 0 Å². The van der Waals surface area contributed by atoms with Crippen LogP contribution in [0.2, 0.25) is 0 Å². The van der Waals surface area contributed by atoms with Gasteiger partial charge in [0.2, 0.25) is 0 Å². The Hall–Kier alpha value is -2.57. The maximum atomic E-state index is 12.5. The van der Waals surface area contributed by atoms with E-state index in [1.165, 1.54) is 18.7 Å². The van der Waals surface area contributed by atoms with Gasteiger partial charge in [-0.25, -0.2) is 15.0 Å². The van der Waals surface area contributed by atoms with Gasteiger partial charge >= 0.3 is 0 Å². The molecule has 1 atom stereocenters. The predicted octanol–water partition coefficient (Wildman–Crippen LogP) is 0.919. The molecule has 0 aliphatic carbocycles. The highest BCUT2D eigenvalue weighted by Gasteiger charge is 2.18. The fourth-order valence-electron chi connectivity index (χ4n) is 2.35. The van der Waals surface area contributed by atoms with E-state index in [-0.39, 0.29) is 17.1 Å². The Kier molecular flexibility index (Phi) is 3.02. The minimum Gasteiger partial charge on any atom is -0.288 e. The minimum atomic E-state index is -0.184. The second kappa shape index (κ2) is 4.84. The molecule has 0 spiro atoms. The SMILES string of the molecule is CC[C@@H](c1ccnn1C)n1cnc2nccnc2c1=O. The fraction of sp³-hybridized carbons (Fsp3) is 0.308. The van der Waals surface area contributed by atoms with Crippen molar-refractivity contribution in [1.82, 2.24) is 29.3 Å². The van der Waals surface area contributed by atoms with Gasteiger partial charge in [-0.15, -0.1) is 0 Å². The molecule has 102 valence electrons. The molecule has 3 heterocycles. The van der Waals surface area contributed by atoms with Crippen LogP contribution in [-0.2, 0) is 7.05 Å². The number of fused-ring (bicyclic) bond motifs is 1. The molecule has 3 aromatic rings. The van der Waals surface area contributed by atoms with E-state index in [0.29, 0.717) is 5.65 Å². The number of rotatable bonds is 3. The van der Waals surface area contributed by atoms with Gasteiger partial charge in [0.05, 0.1) is 11.7 Å². The predicted molar refractivity (Wildman–Crippen MR) is 73.2 cm³/mol. The average Bonchev–Trinajstić information content (AvgIpc) is 2.89. The summed E-state index contributed by atoms with van der Waals surface area (Å²) in [6.07, 6.45) is 7.03. The first-order chi connectivity index (χ1) is 9.72. The van der Waals surface area contributed by atoms with Gasteiger partial charge in [-0.2, -0.15) is 5.10 Å². The number of nitrogens with zero attached hydrogens (tertiary/aromatic N) is 6. The van der Waals surface area contributed by atoms with E-state index in [0.717, 1.165) is 12.1 Å². The van der Waals surface area contributed by atoms with Gasteiger partial charge in [0.15, 0.2) is 11.2 Å². The van der Waals surface area contributed by atoms with Gasteiger partial charge in [-0.1, -0.05) is 6.92 Å². The standard InChI is InChI=1S/C13H14N6O/c1-3-9(10-4-5-17-18(10)2)19-8-16-12-11(13(19)20)14-6-7-15-12/h4-9H,3H2,1-2H3/t9-/m0/s1. The van der Waals surface area contributed by atoms with Gasteiger partial charge in [0.1, 0.15) is 6.33 Å². The Morgan fingerprint density at radius 3 is 2.70 bits per heavy atom. The molecule has 3 aromatic heterocycles. The summed E-state index contributed by atoms with van der Waals surface area (Å²) in [5.74, 6) is 0. The summed E-state index contributed by atoms with van der Waals surface area (Å²) in [6, 6.07) is 1.79. The van der Waals surface area contributed by atoms with E-state index in [1.807, 2.05) is 20.0 Å². The van der Waals surface area contributed by atoms with E-state index >= 15 is 0 Å². The van der Waals surface area contributed by atoms with E-state index < -0.39 is 0 Å². The van der Waals surface area contributed by atoms with Gasteiger partial charge < -0.3 is 0 Å². The van der Waals surface area contributed by atoms with Crippen LogP contribution < -0.4 is 5.56 Å². The maximum absolute atomic E-state index is 12.5. The van der Waals surface area contributed by atoms with Crippen LogP contribution >= 0.6 is 0 Å². The Morgan fingerprint density at radius 1 is 1.20 bits per heavy atom. The second-order valence-corrected chi connectivity index (χ2v) is 4.49. The zero-order valence-corrected chi connectivity index (χ0v) is 11.3. The van der Waals surface area contributed by atoms with Crippen molar-refractivity contribution in [3.05, 3.63) is 47.0 Å². The third kappa shape index (κ3) is 1.87. The lowest BCUT2D eigenvalue weighted by Crippen LogP contribution is -2.27. The summed E-state index contributed by atoms with van der Waals surface area (Å²) in [5.41, 5.74) is 1.43. The van der Waals surface area contributed by atoms with Gasteiger partial charge in [-0.3, -0.25) is 14.0 Å². The molecule has 0 saturated carbocycles. The second-order valence-electron chi connectivity index (χ2n) is 4.49. The molecular formula is C13H14N6O. The quantitative estimate of drug-likeness (QED) is 0.707. The smallest absolute Gasteiger partial charge is 0.282 e. The highest BCUT2D eigenvalue weighted by Crippen LogP contribution is 2.19. The highest BCUT2D eigenvalue weighted by molar-refractivity contribution is 5.67. The molecule has 20 heavy (non-hydrogen) atoms. The summed E-state index contributed by atoms with van der Waals surface area (Å²) < 4.78 is 3.36.